The van der Waals surface area contributed by atoms with Crippen molar-refractivity contribution in [1.82, 2.24) is 10.1 Å². The molecule has 2 rings (SSSR count). The second-order valence-electron chi connectivity index (χ2n) is 5.69. The fraction of sp³-hybridized carbons (Fsp3) is 0.846. The zero-order valence-electron chi connectivity index (χ0n) is 11.1. The highest BCUT2D eigenvalue weighted by Crippen LogP contribution is 2.37. The van der Waals surface area contributed by atoms with E-state index in [-0.39, 0.29) is 5.41 Å². The van der Waals surface area contributed by atoms with Gasteiger partial charge in [-0.15, -0.1) is 0 Å². The van der Waals surface area contributed by atoms with E-state index in [1.54, 1.807) is 0 Å². The summed E-state index contributed by atoms with van der Waals surface area (Å²) in [6.07, 6.45) is 4.57. The highest BCUT2D eigenvalue weighted by molar-refractivity contribution is 5.07. The van der Waals surface area contributed by atoms with Gasteiger partial charge < -0.3 is 10.3 Å². The summed E-state index contributed by atoms with van der Waals surface area (Å²) in [5, 5.41) is 4.15. The van der Waals surface area contributed by atoms with Gasteiger partial charge in [-0.2, -0.15) is 4.98 Å². The highest BCUT2D eigenvalue weighted by Gasteiger charge is 2.32. The third-order valence-corrected chi connectivity index (χ3v) is 4.25. The zero-order valence-corrected chi connectivity index (χ0v) is 11.1. The number of aromatic nitrogens is 2. The average Bonchev–Trinajstić information content (AvgIpc) is 2.96. The fourth-order valence-electron chi connectivity index (χ4n) is 2.47. The number of nitrogens with two attached hydrogens (primary N) is 1. The summed E-state index contributed by atoms with van der Waals surface area (Å²) in [6.45, 7) is 7.03. The molecule has 1 aromatic rings. The summed E-state index contributed by atoms with van der Waals surface area (Å²) in [4.78, 5) is 4.58. The molecule has 0 saturated heterocycles. The van der Waals surface area contributed by atoms with Crippen LogP contribution in [0.4, 0.5) is 0 Å². The second-order valence-corrected chi connectivity index (χ2v) is 5.69. The van der Waals surface area contributed by atoms with Gasteiger partial charge >= 0.3 is 0 Å². The Kier molecular flexibility index (Phi) is 3.52. The van der Waals surface area contributed by atoms with E-state index in [0.717, 1.165) is 18.2 Å². The first-order valence-corrected chi connectivity index (χ1v) is 6.63. The molecule has 0 aliphatic heterocycles. The van der Waals surface area contributed by atoms with Crippen molar-refractivity contribution in [2.24, 2.45) is 11.7 Å². The van der Waals surface area contributed by atoms with Gasteiger partial charge in [0.05, 0.1) is 5.41 Å². The van der Waals surface area contributed by atoms with Gasteiger partial charge in [-0.25, -0.2) is 0 Å². The van der Waals surface area contributed by atoms with Crippen molar-refractivity contribution in [2.45, 2.75) is 57.8 Å². The molecule has 4 nitrogen and oxygen atoms in total. The molecular formula is C13H23N3O. The fourth-order valence-corrected chi connectivity index (χ4v) is 2.47. The van der Waals surface area contributed by atoms with Crippen molar-refractivity contribution in [1.29, 1.82) is 0 Å². The molecule has 2 N–H and O–H groups in total. The molecule has 0 spiro atoms. The van der Waals surface area contributed by atoms with E-state index in [0.29, 0.717) is 18.4 Å². The lowest BCUT2D eigenvalue weighted by Gasteiger charge is -2.20. The second kappa shape index (κ2) is 4.77. The quantitative estimate of drug-likeness (QED) is 0.874. The molecule has 1 aliphatic carbocycles. The molecule has 0 aromatic carbocycles. The Hall–Kier alpha value is -0.900. The van der Waals surface area contributed by atoms with Crippen molar-refractivity contribution in [3.63, 3.8) is 0 Å². The van der Waals surface area contributed by atoms with Gasteiger partial charge in [0.25, 0.3) is 0 Å². The summed E-state index contributed by atoms with van der Waals surface area (Å²) in [6, 6.07) is 0. The molecule has 96 valence electrons. The summed E-state index contributed by atoms with van der Waals surface area (Å²) in [7, 11) is 0. The predicted octanol–water partition coefficient (Wildman–Crippen LogP) is 2.60. The number of hydrogen-bond acceptors (Lipinski definition) is 4. The standard InChI is InChI=1S/C13H23N3O/c1-4-13(3,8-14)12-15-11(16-17-12)10-6-5-9(2)7-10/h9-10H,4-8,14H2,1-3H3. The summed E-state index contributed by atoms with van der Waals surface area (Å²) < 4.78 is 5.42. The first kappa shape index (κ1) is 12.6. The lowest BCUT2D eigenvalue weighted by atomic mass is 9.87. The van der Waals surface area contributed by atoms with Crippen molar-refractivity contribution in [3.05, 3.63) is 11.7 Å². The summed E-state index contributed by atoms with van der Waals surface area (Å²) >= 11 is 0. The van der Waals surface area contributed by atoms with Crippen LogP contribution < -0.4 is 5.73 Å². The first-order valence-electron chi connectivity index (χ1n) is 6.63. The Morgan fingerprint density at radius 2 is 2.24 bits per heavy atom. The van der Waals surface area contributed by atoms with Crippen LogP contribution in [0, 0.1) is 5.92 Å². The van der Waals surface area contributed by atoms with E-state index in [1.165, 1.54) is 19.3 Å². The smallest absolute Gasteiger partial charge is 0.233 e. The van der Waals surface area contributed by atoms with Crippen LogP contribution in [-0.4, -0.2) is 16.7 Å². The van der Waals surface area contributed by atoms with Crippen LogP contribution in [0.5, 0.6) is 0 Å². The van der Waals surface area contributed by atoms with Gasteiger partial charge in [0.15, 0.2) is 5.82 Å². The third-order valence-electron chi connectivity index (χ3n) is 4.25. The van der Waals surface area contributed by atoms with Crippen LogP contribution in [0.25, 0.3) is 0 Å². The third kappa shape index (κ3) is 2.37. The van der Waals surface area contributed by atoms with E-state index in [4.69, 9.17) is 10.3 Å². The van der Waals surface area contributed by atoms with Crippen LogP contribution in [0.3, 0.4) is 0 Å². The van der Waals surface area contributed by atoms with Crippen LogP contribution in [-0.2, 0) is 5.41 Å². The van der Waals surface area contributed by atoms with Crippen LogP contribution in [0.2, 0.25) is 0 Å². The molecule has 1 saturated carbocycles. The largest absolute Gasteiger partial charge is 0.339 e. The Labute approximate surface area is 103 Å². The van der Waals surface area contributed by atoms with Crippen molar-refractivity contribution < 1.29 is 4.52 Å². The number of hydrogen-bond donors (Lipinski definition) is 1. The SMILES string of the molecule is CCC(C)(CN)c1nc(C2CCC(C)C2)no1. The monoisotopic (exact) mass is 237 g/mol. The lowest BCUT2D eigenvalue weighted by molar-refractivity contribution is 0.288. The minimum Gasteiger partial charge on any atom is -0.339 e. The van der Waals surface area contributed by atoms with Crippen LogP contribution >= 0.6 is 0 Å². The molecule has 0 radical (unpaired) electrons. The molecule has 3 unspecified atom stereocenters. The van der Waals surface area contributed by atoms with Gasteiger partial charge in [0, 0.05) is 12.5 Å². The Morgan fingerprint density at radius 3 is 2.76 bits per heavy atom. The Balaban J connectivity index is 2.15. The molecule has 1 heterocycles. The van der Waals surface area contributed by atoms with Gasteiger partial charge in [0.2, 0.25) is 5.89 Å². The lowest BCUT2D eigenvalue weighted by Crippen LogP contribution is -2.31. The maximum Gasteiger partial charge on any atom is 0.233 e. The van der Waals surface area contributed by atoms with E-state index in [2.05, 4.69) is 30.9 Å². The Bertz CT molecular complexity index is 370. The maximum atomic E-state index is 5.81. The molecule has 1 aliphatic rings. The zero-order chi connectivity index (χ0) is 12.5. The topological polar surface area (TPSA) is 64.9 Å². The molecule has 17 heavy (non-hydrogen) atoms. The van der Waals surface area contributed by atoms with Gasteiger partial charge in [-0.05, 0) is 38.5 Å². The van der Waals surface area contributed by atoms with Gasteiger partial charge in [0.1, 0.15) is 0 Å². The van der Waals surface area contributed by atoms with E-state index in [9.17, 15) is 0 Å². The summed E-state index contributed by atoms with van der Waals surface area (Å²) in [5.41, 5.74) is 5.64. The van der Waals surface area contributed by atoms with Gasteiger partial charge in [-0.1, -0.05) is 19.0 Å². The van der Waals surface area contributed by atoms with Crippen LogP contribution in [0.15, 0.2) is 4.52 Å². The maximum absolute atomic E-state index is 5.81. The number of nitrogens with zero attached hydrogens (tertiary/aromatic N) is 2. The normalized spacial score (nSPS) is 28.2. The van der Waals surface area contributed by atoms with E-state index >= 15 is 0 Å². The van der Waals surface area contributed by atoms with Crippen molar-refractivity contribution in [3.8, 4) is 0 Å². The minimum atomic E-state index is -0.171. The molecular weight excluding hydrogens is 214 g/mol. The van der Waals surface area contributed by atoms with E-state index < -0.39 is 0 Å². The first-order chi connectivity index (χ1) is 8.09. The molecule has 4 heteroatoms. The van der Waals surface area contributed by atoms with Gasteiger partial charge in [-0.3, -0.25) is 0 Å². The minimum absolute atomic E-state index is 0.171. The molecule has 3 atom stereocenters. The van der Waals surface area contributed by atoms with Crippen molar-refractivity contribution in [2.75, 3.05) is 6.54 Å². The van der Waals surface area contributed by atoms with Crippen LogP contribution in [0.1, 0.15) is 64.1 Å². The molecule has 0 amide bonds. The predicted molar refractivity (Wildman–Crippen MR) is 66.8 cm³/mol. The molecule has 0 bridgehead atoms. The average molecular weight is 237 g/mol. The Morgan fingerprint density at radius 1 is 1.47 bits per heavy atom. The van der Waals surface area contributed by atoms with E-state index in [1.807, 2.05) is 0 Å². The summed E-state index contributed by atoms with van der Waals surface area (Å²) in [5.74, 6) is 2.87. The number of rotatable bonds is 4. The van der Waals surface area contributed by atoms with Crippen molar-refractivity contribution >= 4 is 0 Å². The molecule has 1 aromatic heterocycles. The molecule has 1 fully saturated rings. The highest BCUT2D eigenvalue weighted by atomic mass is 16.5.